The van der Waals surface area contributed by atoms with Crippen LogP contribution in [0.1, 0.15) is 27.0 Å². The van der Waals surface area contributed by atoms with Crippen molar-refractivity contribution >= 4 is 11.6 Å². The van der Waals surface area contributed by atoms with Gasteiger partial charge in [0.15, 0.2) is 0 Å². The number of nitrogens with two attached hydrogens (primary N) is 1. The Kier molecular flexibility index (Phi) is 3.62. The van der Waals surface area contributed by atoms with E-state index in [-0.39, 0.29) is 5.91 Å². The van der Waals surface area contributed by atoms with Gasteiger partial charge in [-0.05, 0) is 47.9 Å². The summed E-state index contributed by atoms with van der Waals surface area (Å²) in [5.74, 6) is 0.773. The first-order valence-corrected chi connectivity index (χ1v) is 7.04. The van der Waals surface area contributed by atoms with Crippen LogP contribution in [0.2, 0.25) is 0 Å². The summed E-state index contributed by atoms with van der Waals surface area (Å²) in [5, 5.41) is 2.96. The molecule has 108 valence electrons. The van der Waals surface area contributed by atoms with Crippen molar-refractivity contribution in [2.24, 2.45) is 5.73 Å². The molecule has 0 saturated heterocycles. The molecule has 2 aromatic rings. The zero-order valence-corrected chi connectivity index (χ0v) is 12.0. The molecule has 0 bridgehead atoms. The molecule has 0 atom stereocenters. The molecule has 0 aromatic heterocycles. The van der Waals surface area contributed by atoms with Crippen LogP contribution in [-0.2, 0) is 13.0 Å². The Hall–Kier alpha value is -2.33. The molecule has 0 fully saturated rings. The number of carbonyl (C=O) groups is 1. The number of ether oxygens (including phenoxy) is 1. The second-order valence-corrected chi connectivity index (χ2v) is 5.23. The highest BCUT2D eigenvalue weighted by molar-refractivity contribution is 6.05. The highest BCUT2D eigenvalue weighted by Crippen LogP contribution is 2.26. The zero-order chi connectivity index (χ0) is 14.8. The first-order chi connectivity index (χ1) is 10.2. The van der Waals surface area contributed by atoms with Gasteiger partial charge in [-0.25, -0.2) is 0 Å². The summed E-state index contributed by atoms with van der Waals surface area (Å²) in [4.78, 5) is 12.4. The molecule has 2 aromatic carbocycles. The van der Waals surface area contributed by atoms with E-state index in [0.717, 1.165) is 34.5 Å². The van der Waals surface area contributed by atoms with Crippen molar-refractivity contribution in [3.05, 3.63) is 58.7 Å². The third kappa shape index (κ3) is 2.76. The molecule has 3 N–H and O–H groups in total. The Morgan fingerprint density at radius 1 is 1.29 bits per heavy atom. The Morgan fingerprint density at radius 2 is 2.14 bits per heavy atom. The summed E-state index contributed by atoms with van der Waals surface area (Å²) in [5.41, 5.74) is 10.2. The van der Waals surface area contributed by atoms with Crippen molar-refractivity contribution in [3.8, 4) is 5.75 Å². The van der Waals surface area contributed by atoms with Gasteiger partial charge in [-0.1, -0.05) is 12.1 Å². The second kappa shape index (κ2) is 5.58. The number of anilines is 1. The molecule has 4 heteroatoms. The number of hydrogen-bond donors (Lipinski definition) is 2. The predicted octanol–water partition coefficient (Wildman–Crippen LogP) is 2.64. The fourth-order valence-corrected chi connectivity index (χ4v) is 2.45. The predicted molar refractivity (Wildman–Crippen MR) is 82.7 cm³/mol. The van der Waals surface area contributed by atoms with Crippen molar-refractivity contribution in [3.63, 3.8) is 0 Å². The topological polar surface area (TPSA) is 64.3 Å². The summed E-state index contributed by atoms with van der Waals surface area (Å²) in [6, 6.07) is 11.4. The average molecular weight is 282 g/mol. The number of fused-ring (bicyclic) bond motifs is 1. The van der Waals surface area contributed by atoms with Gasteiger partial charge in [-0.2, -0.15) is 0 Å². The molecule has 3 rings (SSSR count). The molecule has 1 amide bonds. The van der Waals surface area contributed by atoms with Crippen LogP contribution in [-0.4, -0.2) is 12.5 Å². The van der Waals surface area contributed by atoms with E-state index in [1.54, 1.807) is 6.07 Å². The van der Waals surface area contributed by atoms with E-state index < -0.39 is 0 Å². The lowest BCUT2D eigenvalue weighted by molar-refractivity contribution is 0.102. The first-order valence-electron chi connectivity index (χ1n) is 7.04. The Bertz CT molecular complexity index is 695. The van der Waals surface area contributed by atoms with Gasteiger partial charge in [0.2, 0.25) is 0 Å². The summed E-state index contributed by atoms with van der Waals surface area (Å²) in [7, 11) is 0. The van der Waals surface area contributed by atoms with Crippen LogP contribution < -0.4 is 15.8 Å². The number of rotatable bonds is 3. The van der Waals surface area contributed by atoms with Gasteiger partial charge in [0, 0.05) is 24.2 Å². The molecule has 0 unspecified atom stereocenters. The van der Waals surface area contributed by atoms with Gasteiger partial charge in [0.25, 0.3) is 5.91 Å². The van der Waals surface area contributed by atoms with Crippen LogP contribution in [0.4, 0.5) is 5.69 Å². The minimum absolute atomic E-state index is 0.109. The van der Waals surface area contributed by atoms with Gasteiger partial charge in [0.05, 0.1) is 6.61 Å². The van der Waals surface area contributed by atoms with E-state index in [1.165, 1.54) is 0 Å². The largest absolute Gasteiger partial charge is 0.493 e. The molecule has 1 aliphatic rings. The maximum atomic E-state index is 12.4. The molecule has 0 radical (unpaired) electrons. The highest BCUT2D eigenvalue weighted by atomic mass is 16.5. The van der Waals surface area contributed by atoms with Crippen molar-refractivity contribution in [2.75, 3.05) is 11.9 Å². The molecule has 4 nitrogen and oxygen atoms in total. The third-order valence-electron chi connectivity index (χ3n) is 3.74. The lowest BCUT2D eigenvalue weighted by Crippen LogP contribution is -2.13. The fourth-order valence-electron chi connectivity index (χ4n) is 2.45. The summed E-state index contributed by atoms with van der Waals surface area (Å²) in [6.45, 7) is 3.11. The SMILES string of the molecule is Cc1ccc(CN)cc1NC(=O)c1ccc2c(c1)CCO2. The molecule has 1 aliphatic heterocycles. The summed E-state index contributed by atoms with van der Waals surface area (Å²) < 4.78 is 5.46. The third-order valence-corrected chi connectivity index (χ3v) is 3.74. The Morgan fingerprint density at radius 3 is 2.95 bits per heavy atom. The van der Waals surface area contributed by atoms with Gasteiger partial charge < -0.3 is 15.8 Å². The number of nitrogens with one attached hydrogen (secondary N) is 1. The normalized spacial score (nSPS) is 12.7. The molecule has 1 heterocycles. The van der Waals surface area contributed by atoms with E-state index in [1.807, 2.05) is 37.3 Å². The van der Waals surface area contributed by atoms with E-state index in [9.17, 15) is 4.79 Å². The van der Waals surface area contributed by atoms with Crippen LogP contribution >= 0.6 is 0 Å². The number of benzene rings is 2. The minimum atomic E-state index is -0.109. The molecule has 21 heavy (non-hydrogen) atoms. The number of hydrogen-bond acceptors (Lipinski definition) is 3. The monoisotopic (exact) mass is 282 g/mol. The van der Waals surface area contributed by atoms with E-state index >= 15 is 0 Å². The van der Waals surface area contributed by atoms with Crippen LogP contribution in [0, 0.1) is 6.92 Å². The van der Waals surface area contributed by atoms with E-state index in [0.29, 0.717) is 18.7 Å². The number of amides is 1. The molecular formula is C17H18N2O2. The van der Waals surface area contributed by atoms with Crippen LogP contribution in [0.15, 0.2) is 36.4 Å². The number of carbonyl (C=O) groups excluding carboxylic acids is 1. The van der Waals surface area contributed by atoms with Crippen molar-refractivity contribution in [2.45, 2.75) is 19.9 Å². The Balaban J connectivity index is 1.83. The maximum Gasteiger partial charge on any atom is 0.255 e. The first kappa shape index (κ1) is 13.6. The molecule has 0 spiro atoms. The lowest BCUT2D eigenvalue weighted by Gasteiger charge is -2.10. The standard InChI is InChI=1S/C17H18N2O2/c1-11-2-3-12(10-18)8-15(11)19-17(20)14-4-5-16-13(9-14)6-7-21-16/h2-5,8-9H,6-7,10,18H2,1H3,(H,19,20). The van der Waals surface area contributed by atoms with Crippen LogP contribution in [0.5, 0.6) is 5.75 Å². The van der Waals surface area contributed by atoms with Crippen molar-refractivity contribution < 1.29 is 9.53 Å². The van der Waals surface area contributed by atoms with E-state index in [2.05, 4.69) is 5.32 Å². The van der Waals surface area contributed by atoms with Gasteiger partial charge in [0.1, 0.15) is 5.75 Å². The summed E-state index contributed by atoms with van der Waals surface area (Å²) in [6.07, 6.45) is 0.859. The molecule has 0 saturated carbocycles. The average Bonchev–Trinajstić information content (AvgIpc) is 2.96. The minimum Gasteiger partial charge on any atom is -0.493 e. The quantitative estimate of drug-likeness (QED) is 0.909. The second-order valence-electron chi connectivity index (χ2n) is 5.23. The maximum absolute atomic E-state index is 12.4. The number of aryl methyl sites for hydroxylation is 1. The molecular weight excluding hydrogens is 264 g/mol. The lowest BCUT2D eigenvalue weighted by atomic mass is 10.1. The molecule has 0 aliphatic carbocycles. The fraction of sp³-hybridized carbons (Fsp3) is 0.235. The van der Waals surface area contributed by atoms with Gasteiger partial charge >= 0.3 is 0 Å². The Labute approximate surface area is 123 Å². The highest BCUT2D eigenvalue weighted by Gasteiger charge is 2.15. The smallest absolute Gasteiger partial charge is 0.255 e. The van der Waals surface area contributed by atoms with Gasteiger partial charge in [-0.15, -0.1) is 0 Å². The van der Waals surface area contributed by atoms with Crippen molar-refractivity contribution in [1.82, 2.24) is 0 Å². The van der Waals surface area contributed by atoms with Gasteiger partial charge in [-0.3, -0.25) is 4.79 Å². The van der Waals surface area contributed by atoms with Crippen LogP contribution in [0.25, 0.3) is 0 Å². The van der Waals surface area contributed by atoms with E-state index in [4.69, 9.17) is 10.5 Å². The zero-order valence-electron chi connectivity index (χ0n) is 12.0. The van der Waals surface area contributed by atoms with Crippen molar-refractivity contribution in [1.29, 1.82) is 0 Å². The van der Waals surface area contributed by atoms with Crippen LogP contribution in [0.3, 0.4) is 0 Å². The summed E-state index contributed by atoms with van der Waals surface area (Å²) >= 11 is 0.